The van der Waals surface area contributed by atoms with E-state index >= 15 is 0 Å². The first kappa shape index (κ1) is 17.4. The molecular weight excluding hydrogens is 378 g/mol. The molecule has 0 spiro atoms. The zero-order valence-corrected chi connectivity index (χ0v) is 15.0. The molecule has 0 radical (unpaired) electrons. The van der Waals surface area contributed by atoms with Crippen molar-refractivity contribution in [3.05, 3.63) is 70.7 Å². The number of nitrogens with zero attached hydrogens (tertiary/aromatic N) is 1. The summed E-state index contributed by atoms with van der Waals surface area (Å²) >= 11 is 3.28. The standard InChI is InChI=1S/C17H16BrNO3S/c1-3-10-19(17-9-6-15(18)11-14(17)12-20)23(21,22)16-7-4-13(2)5-8-16/h3-9,11-12H,1,10H2,2H3. The number of carbonyl (C=O) groups excluding carboxylic acids is 1. The van der Waals surface area contributed by atoms with Crippen molar-refractivity contribution in [2.75, 3.05) is 10.8 Å². The topological polar surface area (TPSA) is 54.5 Å². The maximum atomic E-state index is 12.9. The van der Waals surface area contributed by atoms with Gasteiger partial charge < -0.3 is 0 Å². The van der Waals surface area contributed by atoms with Crippen molar-refractivity contribution in [1.29, 1.82) is 0 Å². The van der Waals surface area contributed by atoms with Crippen LogP contribution >= 0.6 is 15.9 Å². The summed E-state index contributed by atoms with van der Waals surface area (Å²) in [5.41, 5.74) is 1.58. The maximum absolute atomic E-state index is 12.9. The van der Waals surface area contributed by atoms with E-state index in [1.807, 2.05) is 6.92 Å². The smallest absolute Gasteiger partial charge is 0.264 e. The first-order chi connectivity index (χ1) is 10.9. The highest BCUT2D eigenvalue weighted by molar-refractivity contribution is 9.10. The Labute approximate surface area is 144 Å². The molecule has 0 aliphatic heterocycles. The predicted molar refractivity (Wildman–Crippen MR) is 95.4 cm³/mol. The van der Waals surface area contributed by atoms with E-state index in [-0.39, 0.29) is 17.0 Å². The number of benzene rings is 2. The van der Waals surface area contributed by atoms with Gasteiger partial charge in [0.1, 0.15) is 0 Å². The van der Waals surface area contributed by atoms with Gasteiger partial charge in [-0.05, 0) is 37.3 Å². The predicted octanol–water partition coefficient (Wildman–Crippen LogP) is 3.95. The summed E-state index contributed by atoms with van der Waals surface area (Å²) in [5, 5.41) is 0. The lowest BCUT2D eigenvalue weighted by atomic mass is 10.2. The lowest BCUT2D eigenvalue weighted by Crippen LogP contribution is -2.32. The lowest BCUT2D eigenvalue weighted by molar-refractivity contribution is 0.112. The Morgan fingerprint density at radius 1 is 1.17 bits per heavy atom. The zero-order valence-electron chi connectivity index (χ0n) is 12.6. The van der Waals surface area contributed by atoms with E-state index in [1.54, 1.807) is 42.5 Å². The molecule has 2 aromatic rings. The summed E-state index contributed by atoms with van der Waals surface area (Å²) in [5.74, 6) is 0. The number of hydrogen-bond donors (Lipinski definition) is 0. The third-order valence-corrected chi connectivity index (χ3v) is 5.58. The monoisotopic (exact) mass is 393 g/mol. The second kappa shape index (κ2) is 7.10. The molecule has 120 valence electrons. The van der Waals surface area contributed by atoms with Crippen LogP contribution in [0.2, 0.25) is 0 Å². The fourth-order valence-corrected chi connectivity index (χ4v) is 3.97. The van der Waals surface area contributed by atoms with E-state index in [0.29, 0.717) is 16.4 Å². The van der Waals surface area contributed by atoms with Crippen molar-refractivity contribution >= 4 is 37.9 Å². The summed E-state index contributed by atoms with van der Waals surface area (Å²) in [6.45, 7) is 5.57. The molecule has 0 heterocycles. The Morgan fingerprint density at radius 2 is 1.83 bits per heavy atom. The molecule has 0 aliphatic rings. The summed E-state index contributed by atoms with van der Waals surface area (Å²) < 4.78 is 27.8. The average Bonchev–Trinajstić information content (AvgIpc) is 2.53. The molecule has 0 bridgehead atoms. The van der Waals surface area contributed by atoms with E-state index in [0.717, 1.165) is 5.56 Å². The van der Waals surface area contributed by atoms with E-state index in [9.17, 15) is 13.2 Å². The highest BCUT2D eigenvalue weighted by Gasteiger charge is 2.25. The molecule has 23 heavy (non-hydrogen) atoms. The molecule has 0 saturated heterocycles. The number of aryl methyl sites for hydroxylation is 1. The number of sulfonamides is 1. The number of carbonyl (C=O) groups is 1. The van der Waals surface area contributed by atoms with Crippen molar-refractivity contribution in [3.63, 3.8) is 0 Å². The van der Waals surface area contributed by atoms with Crippen LogP contribution in [0.1, 0.15) is 15.9 Å². The summed E-state index contributed by atoms with van der Waals surface area (Å²) in [7, 11) is -3.79. The maximum Gasteiger partial charge on any atom is 0.264 e. The molecular formula is C17H16BrNO3S. The first-order valence-electron chi connectivity index (χ1n) is 6.85. The highest BCUT2D eigenvalue weighted by atomic mass is 79.9. The second-order valence-corrected chi connectivity index (χ2v) is 7.74. The minimum absolute atomic E-state index is 0.0681. The van der Waals surface area contributed by atoms with Crippen molar-refractivity contribution in [2.24, 2.45) is 0 Å². The molecule has 2 aromatic carbocycles. The Morgan fingerprint density at radius 3 is 2.39 bits per heavy atom. The number of halogens is 1. The van der Waals surface area contributed by atoms with Crippen LogP contribution in [0, 0.1) is 6.92 Å². The molecule has 0 saturated carbocycles. The van der Waals surface area contributed by atoms with Crippen LogP contribution in [-0.4, -0.2) is 21.2 Å². The van der Waals surface area contributed by atoms with Crippen LogP contribution in [0.3, 0.4) is 0 Å². The zero-order chi connectivity index (χ0) is 17.0. The van der Waals surface area contributed by atoms with Gasteiger partial charge in [0.25, 0.3) is 10.0 Å². The minimum atomic E-state index is -3.79. The van der Waals surface area contributed by atoms with Gasteiger partial charge >= 0.3 is 0 Å². The van der Waals surface area contributed by atoms with E-state index in [2.05, 4.69) is 22.5 Å². The van der Waals surface area contributed by atoms with Gasteiger partial charge in [0.05, 0.1) is 17.1 Å². The van der Waals surface area contributed by atoms with Gasteiger partial charge in [0.15, 0.2) is 6.29 Å². The van der Waals surface area contributed by atoms with E-state index in [1.165, 1.54) is 10.4 Å². The molecule has 2 rings (SSSR count). The number of anilines is 1. The molecule has 0 aromatic heterocycles. The number of rotatable bonds is 6. The molecule has 0 amide bonds. The van der Waals surface area contributed by atoms with Crippen molar-refractivity contribution < 1.29 is 13.2 Å². The fraction of sp³-hybridized carbons (Fsp3) is 0.118. The van der Waals surface area contributed by atoms with Gasteiger partial charge in [-0.25, -0.2) is 8.42 Å². The second-order valence-electron chi connectivity index (χ2n) is 4.96. The molecule has 0 N–H and O–H groups in total. The molecule has 0 unspecified atom stereocenters. The van der Waals surface area contributed by atoms with Crippen molar-refractivity contribution in [1.82, 2.24) is 0 Å². The summed E-state index contributed by atoms with van der Waals surface area (Å²) in [6.07, 6.45) is 2.13. The normalized spacial score (nSPS) is 11.0. The largest absolute Gasteiger partial charge is 0.298 e. The molecule has 4 nitrogen and oxygen atoms in total. The molecule has 6 heteroatoms. The van der Waals surface area contributed by atoms with Gasteiger partial charge in [0.2, 0.25) is 0 Å². The quantitative estimate of drug-likeness (QED) is 0.551. The number of aldehydes is 1. The van der Waals surface area contributed by atoms with E-state index in [4.69, 9.17) is 0 Å². The molecule has 0 fully saturated rings. The Balaban J connectivity index is 2.60. The van der Waals surface area contributed by atoms with Gasteiger partial charge in [-0.1, -0.05) is 39.7 Å². The minimum Gasteiger partial charge on any atom is -0.298 e. The van der Waals surface area contributed by atoms with Gasteiger partial charge in [-0.3, -0.25) is 9.10 Å². The Bertz CT molecular complexity index is 829. The average molecular weight is 394 g/mol. The third kappa shape index (κ3) is 3.71. The van der Waals surface area contributed by atoms with Gasteiger partial charge in [0, 0.05) is 10.0 Å². The van der Waals surface area contributed by atoms with Gasteiger partial charge in [-0.2, -0.15) is 0 Å². The Kier molecular flexibility index (Phi) is 5.38. The lowest BCUT2D eigenvalue weighted by Gasteiger charge is -2.24. The van der Waals surface area contributed by atoms with Crippen LogP contribution in [0.4, 0.5) is 5.69 Å². The highest BCUT2D eigenvalue weighted by Crippen LogP contribution is 2.28. The van der Waals surface area contributed by atoms with Crippen molar-refractivity contribution in [2.45, 2.75) is 11.8 Å². The fourth-order valence-electron chi connectivity index (χ4n) is 2.13. The van der Waals surface area contributed by atoms with Crippen LogP contribution < -0.4 is 4.31 Å². The molecule has 0 aliphatic carbocycles. The first-order valence-corrected chi connectivity index (χ1v) is 9.08. The third-order valence-electron chi connectivity index (χ3n) is 3.29. The summed E-state index contributed by atoms with van der Waals surface area (Å²) in [6, 6.07) is 11.5. The SMILES string of the molecule is C=CCN(c1ccc(Br)cc1C=O)S(=O)(=O)c1ccc(C)cc1. The van der Waals surface area contributed by atoms with Gasteiger partial charge in [-0.15, -0.1) is 6.58 Å². The van der Waals surface area contributed by atoms with Crippen LogP contribution in [0.25, 0.3) is 0 Å². The van der Waals surface area contributed by atoms with Crippen molar-refractivity contribution in [3.8, 4) is 0 Å². The van der Waals surface area contributed by atoms with Crippen LogP contribution in [0.5, 0.6) is 0 Å². The van der Waals surface area contributed by atoms with E-state index < -0.39 is 10.0 Å². The number of hydrogen-bond acceptors (Lipinski definition) is 3. The molecule has 0 atom stereocenters. The van der Waals surface area contributed by atoms with Crippen LogP contribution in [-0.2, 0) is 10.0 Å². The summed E-state index contributed by atoms with van der Waals surface area (Å²) in [4.78, 5) is 11.5. The van der Waals surface area contributed by atoms with Crippen LogP contribution in [0.15, 0.2) is 64.5 Å². The Hall–Kier alpha value is -1.92.